The summed E-state index contributed by atoms with van der Waals surface area (Å²) in [5.74, 6) is 0.155. The van der Waals surface area contributed by atoms with Gasteiger partial charge in [0.1, 0.15) is 0 Å². The SMILES string of the molecule is Cc1cc(CC(=O)N2CCCC2CCCO)n[nH]1. The molecule has 0 saturated carbocycles. The molecule has 1 fully saturated rings. The number of aryl methyl sites for hydroxylation is 1. The molecule has 0 aliphatic carbocycles. The van der Waals surface area contributed by atoms with E-state index >= 15 is 0 Å². The maximum Gasteiger partial charge on any atom is 0.228 e. The number of likely N-dealkylation sites (tertiary alicyclic amines) is 1. The van der Waals surface area contributed by atoms with Gasteiger partial charge in [-0.15, -0.1) is 0 Å². The summed E-state index contributed by atoms with van der Waals surface area (Å²) < 4.78 is 0. The van der Waals surface area contributed by atoms with Gasteiger partial charge in [0.15, 0.2) is 0 Å². The molecule has 2 heterocycles. The average Bonchev–Trinajstić information content (AvgIpc) is 2.95. The normalized spacial score (nSPS) is 19.4. The van der Waals surface area contributed by atoms with Crippen LogP contribution < -0.4 is 0 Å². The highest BCUT2D eigenvalue weighted by molar-refractivity contribution is 5.79. The van der Waals surface area contributed by atoms with Gasteiger partial charge in [-0.1, -0.05) is 0 Å². The van der Waals surface area contributed by atoms with Gasteiger partial charge in [-0.25, -0.2) is 0 Å². The lowest BCUT2D eigenvalue weighted by Gasteiger charge is -2.24. The highest BCUT2D eigenvalue weighted by Crippen LogP contribution is 2.22. The van der Waals surface area contributed by atoms with Crippen molar-refractivity contribution >= 4 is 5.91 Å². The lowest BCUT2D eigenvalue weighted by molar-refractivity contribution is -0.131. The van der Waals surface area contributed by atoms with Crippen LogP contribution >= 0.6 is 0 Å². The fourth-order valence-electron chi connectivity index (χ4n) is 2.61. The molecule has 18 heavy (non-hydrogen) atoms. The Hall–Kier alpha value is -1.36. The number of hydrogen-bond donors (Lipinski definition) is 2. The van der Waals surface area contributed by atoms with Crippen molar-refractivity contribution in [3.8, 4) is 0 Å². The Kier molecular flexibility index (Phi) is 4.36. The van der Waals surface area contributed by atoms with Gasteiger partial charge < -0.3 is 10.0 Å². The number of aromatic amines is 1. The number of H-pyrrole nitrogens is 1. The minimum absolute atomic E-state index is 0.155. The Morgan fingerprint density at radius 1 is 1.67 bits per heavy atom. The quantitative estimate of drug-likeness (QED) is 0.821. The zero-order chi connectivity index (χ0) is 13.0. The summed E-state index contributed by atoms with van der Waals surface area (Å²) in [6.07, 6.45) is 4.19. The van der Waals surface area contributed by atoms with Crippen LogP contribution in [0.3, 0.4) is 0 Å². The minimum atomic E-state index is 0.155. The first-order valence-electron chi connectivity index (χ1n) is 6.62. The number of hydrogen-bond acceptors (Lipinski definition) is 3. The Morgan fingerprint density at radius 3 is 3.17 bits per heavy atom. The van der Waals surface area contributed by atoms with E-state index in [0.717, 1.165) is 43.6 Å². The molecule has 100 valence electrons. The van der Waals surface area contributed by atoms with Gasteiger partial charge in [-0.05, 0) is 38.7 Å². The molecule has 0 bridgehead atoms. The first-order chi connectivity index (χ1) is 8.70. The third-order valence-corrected chi connectivity index (χ3v) is 3.48. The molecule has 1 aliphatic heterocycles. The van der Waals surface area contributed by atoms with E-state index in [1.54, 1.807) is 0 Å². The van der Waals surface area contributed by atoms with Crippen LogP contribution in [-0.2, 0) is 11.2 Å². The van der Waals surface area contributed by atoms with Crippen LogP contribution in [-0.4, -0.2) is 45.3 Å². The van der Waals surface area contributed by atoms with Crippen LogP contribution in [0.15, 0.2) is 6.07 Å². The molecule has 2 N–H and O–H groups in total. The van der Waals surface area contributed by atoms with Crippen LogP contribution in [0.4, 0.5) is 0 Å². The number of carbonyl (C=O) groups excluding carboxylic acids is 1. The van der Waals surface area contributed by atoms with Crippen molar-refractivity contribution in [1.82, 2.24) is 15.1 Å². The molecule has 5 nitrogen and oxygen atoms in total. The smallest absolute Gasteiger partial charge is 0.228 e. The number of rotatable bonds is 5. The van der Waals surface area contributed by atoms with Crippen molar-refractivity contribution in [3.05, 3.63) is 17.5 Å². The molecular weight excluding hydrogens is 230 g/mol. The van der Waals surface area contributed by atoms with Crippen molar-refractivity contribution < 1.29 is 9.90 Å². The van der Waals surface area contributed by atoms with E-state index in [2.05, 4.69) is 10.2 Å². The Balaban J connectivity index is 1.91. The van der Waals surface area contributed by atoms with Crippen LogP contribution in [0.1, 0.15) is 37.1 Å². The van der Waals surface area contributed by atoms with E-state index in [-0.39, 0.29) is 12.5 Å². The lowest BCUT2D eigenvalue weighted by Crippen LogP contribution is -2.36. The summed E-state index contributed by atoms with van der Waals surface area (Å²) >= 11 is 0. The van der Waals surface area contributed by atoms with Crippen molar-refractivity contribution in [1.29, 1.82) is 0 Å². The number of carbonyl (C=O) groups is 1. The zero-order valence-electron chi connectivity index (χ0n) is 10.9. The van der Waals surface area contributed by atoms with E-state index in [4.69, 9.17) is 5.11 Å². The second-order valence-electron chi connectivity index (χ2n) is 4.97. The van der Waals surface area contributed by atoms with E-state index in [0.29, 0.717) is 12.5 Å². The molecule has 1 atom stereocenters. The number of aliphatic hydroxyl groups is 1. The predicted octanol–water partition coefficient (Wildman–Crippen LogP) is 1.02. The Bertz CT molecular complexity index is 403. The van der Waals surface area contributed by atoms with E-state index in [1.807, 2.05) is 17.9 Å². The number of nitrogens with zero attached hydrogens (tertiary/aromatic N) is 2. The van der Waals surface area contributed by atoms with Gasteiger partial charge in [-0.2, -0.15) is 5.10 Å². The molecule has 0 radical (unpaired) electrons. The number of amides is 1. The number of aromatic nitrogens is 2. The molecule has 0 spiro atoms. The Labute approximate surface area is 107 Å². The van der Waals surface area contributed by atoms with Gasteiger partial charge in [-0.3, -0.25) is 9.89 Å². The second-order valence-corrected chi connectivity index (χ2v) is 4.97. The van der Waals surface area contributed by atoms with Crippen LogP contribution in [0, 0.1) is 6.92 Å². The highest BCUT2D eigenvalue weighted by Gasteiger charge is 2.28. The average molecular weight is 251 g/mol. The summed E-state index contributed by atoms with van der Waals surface area (Å²) in [5.41, 5.74) is 1.79. The predicted molar refractivity (Wildman–Crippen MR) is 68.1 cm³/mol. The third kappa shape index (κ3) is 3.10. The van der Waals surface area contributed by atoms with Gasteiger partial charge in [0.2, 0.25) is 5.91 Å². The van der Waals surface area contributed by atoms with Crippen molar-refractivity contribution in [3.63, 3.8) is 0 Å². The van der Waals surface area contributed by atoms with E-state index < -0.39 is 0 Å². The monoisotopic (exact) mass is 251 g/mol. The van der Waals surface area contributed by atoms with E-state index in [9.17, 15) is 4.79 Å². The molecule has 1 unspecified atom stereocenters. The van der Waals surface area contributed by atoms with Gasteiger partial charge in [0, 0.05) is 24.9 Å². The van der Waals surface area contributed by atoms with Gasteiger partial charge >= 0.3 is 0 Å². The lowest BCUT2D eigenvalue weighted by atomic mass is 10.1. The summed E-state index contributed by atoms with van der Waals surface area (Å²) in [6, 6.07) is 2.22. The molecule has 2 rings (SSSR count). The second kappa shape index (κ2) is 6.00. The molecule has 1 amide bonds. The zero-order valence-corrected chi connectivity index (χ0v) is 10.9. The molecule has 0 aromatic carbocycles. The van der Waals surface area contributed by atoms with Crippen molar-refractivity contribution in [2.75, 3.05) is 13.2 Å². The number of aliphatic hydroxyl groups excluding tert-OH is 1. The maximum atomic E-state index is 12.2. The van der Waals surface area contributed by atoms with Crippen LogP contribution in [0.5, 0.6) is 0 Å². The molecular formula is C13H21N3O2. The van der Waals surface area contributed by atoms with Crippen molar-refractivity contribution in [2.24, 2.45) is 0 Å². The molecule has 1 saturated heterocycles. The van der Waals surface area contributed by atoms with Crippen LogP contribution in [0.25, 0.3) is 0 Å². The van der Waals surface area contributed by atoms with Crippen LogP contribution in [0.2, 0.25) is 0 Å². The molecule has 5 heteroatoms. The third-order valence-electron chi connectivity index (χ3n) is 3.48. The molecule has 1 aromatic rings. The maximum absolute atomic E-state index is 12.2. The topological polar surface area (TPSA) is 69.2 Å². The van der Waals surface area contributed by atoms with Crippen molar-refractivity contribution in [2.45, 2.75) is 45.1 Å². The first kappa shape index (κ1) is 13.1. The minimum Gasteiger partial charge on any atom is -0.396 e. The highest BCUT2D eigenvalue weighted by atomic mass is 16.3. The summed E-state index contributed by atoms with van der Waals surface area (Å²) in [4.78, 5) is 14.2. The first-order valence-corrected chi connectivity index (χ1v) is 6.62. The van der Waals surface area contributed by atoms with Gasteiger partial charge in [0.25, 0.3) is 0 Å². The fourth-order valence-corrected chi connectivity index (χ4v) is 2.61. The fraction of sp³-hybridized carbons (Fsp3) is 0.692. The standard InChI is InChI=1S/C13H21N3O2/c1-10-8-11(15-14-10)9-13(18)16-6-2-4-12(16)5-3-7-17/h8,12,17H,2-7,9H2,1H3,(H,14,15). The molecule has 1 aliphatic rings. The molecule has 1 aromatic heterocycles. The summed E-state index contributed by atoms with van der Waals surface area (Å²) in [5, 5.41) is 15.8. The van der Waals surface area contributed by atoms with E-state index in [1.165, 1.54) is 0 Å². The number of nitrogens with one attached hydrogen (secondary N) is 1. The summed E-state index contributed by atoms with van der Waals surface area (Å²) in [7, 11) is 0. The summed E-state index contributed by atoms with van der Waals surface area (Å²) in [6.45, 7) is 2.98. The van der Waals surface area contributed by atoms with Gasteiger partial charge in [0.05, 0.1) is 12.1 Å². The largest absolute Gasteiger partial charge is 0.396 e. The Morgan fingerprint density at radius 2 is 2.50 bits per heavy atom.